The number of ether oxygens (including phenoxy) is 2. The topological polar surface area (TPSA) is 93.1 Å². The Morgan fingerprint density at radius 1 is 0.806 bits per heavy atom. The molecule has 10 heteroatoms. The van der Waals surface area contributed by atoms with Crippen LogP contribution >= 0.6 is 46.4 Å². The minimum absolute atomic E-state index is 0.0215. The second-order valence-electron chi connectivity index (χ2n) is 18.4. The van der Waals surface area contributed by atoms with Crippen molar-refractivity contribution in [3.05, 3.63) is 150 Å². The van der Waals surface area contributed by atoms with Crippen LogP contribution in [0.25, 0.3) is 0 Å². The zero-order valence-electron chi connectivity index (χ0n) is 37.4. The van der Waals surface area contributed by atoms with E-state index in [4.69, 9.17) is 55.9 Å². The van der Waals surface area contributed by atoms with Gasteiger partial charge in [0.15, 0.2) is 23.1 Å². The van der Waals surface area contributed by atoms with Crippen molar-refractivity contribution in [3.63, 3.8) is 0 Å². The lowest BCUT2D eigenvalue weighted by molar-refractivity contribution is -0.204. The molecule has 0 saturated heterocycles. The monoisotopic (exact) mass is 920 g/mol. The molecule has 0 radical (unpaired) electrons. The maximum Gasteiger partial charge on any atom is 0.200 e. The number of hydrogen-bond donors (Lipinski definition) is 2. The third-order valence-corrected chi connectivity index (χ3v) is 14.6. The van der Waals surface area contributed by atoms with Crippen LogP contribution in [0.3, 0.4) is 0 Å². The SMILES string of the molecule is C=C(C)C(CC=C(C)C)CC12CC(CC=C(C)C)C(C)(C)C(CC=C(C)C)(C(=O)C(C(=O)c3ccc(OCc4c(Cl)cccc4Cl)c(OCc4c(Cl)cccc4Cl)c3)=C1O)C2O. The van der Waals surface area contributed by atoms with Crippen LogP contribution in [0.4, 0.5) is 0 Å². The Bertz CT molecular complexity index is 2300. The second-order valence-corrected chi connectivity index (χ2v) is 20.1. The number of allylic oxidation sites excluding steroid dienone is 8. The van der Waals surface area contributed by atoms with E-state index in [-0.39, 0.29) is 66.3 Å². The molecule has 332 valence electrons. The first-order valence-corrected chi connectivity index (χ1v) is 22.6. The average Bonchev–Trinajstić information content (AvgIpc) is 3.19. The van der Waals surface area contributed by atoms with Crippen LogP contribution in [0.1, 0.15) is 116 Å². The smallest absolute Gasteiger partial charge is 0.200 e. The van der Waals surface area contributed by atoms with Gasteiger partial charge in [-0.2, -0.15) is 0 Å². The molecule has 2 aliphatic carbocycles. The standard InChI is InChI=1S/C52H60Cl4O6/c1-30(2)17-19-35(33(7)8)26-51-27-36(21-18-31(3)4)50(9,10)52(49(51)60,24-23-32(5)6)48(59)45(47(51)58)46(57)34-20-22-43(61-28-37-39(53)13-11-14-40(37)54)44(25-34)62-29-38-41(55)15-12-16-42(38)56/h11-18,20,22-23,25,35-36,49,58,60H,7,19,21,24,26-29H2,1-6,8-10H3. The molecule has 5 rings (SSSR count). The van der Waals surface area contributed by atoms with E-state index in [2.05, 4.69) is 18.7 Å². The van der Waals surface area contributed by atoms with Gasteiger partial charge in [-0.25, -0.2) is 0 Å². The van der Waals surface area contributed by atoms with Gasteiger partial charge in [0.1, 0.15) is 24.5 Å². The maximum absolute atomic E-state index is 15.7. The first kappa shape index (κ1) is 49.2. The van der Waals surface area contributed by atoms with Gasteiger partial charge >= 0.3 is 0 Å². The van der Waals surface area contributed by atoms with Gasteiger partial charge in [-0.1, -0.05) is 119 Å². The molecule has 2 N–H and O–H groups in total. The lowest BCUT2D eigenvalue weighted by atomic mass is 9.38. The van der Waals surface area contributed by atoms with E-state index in [1.807, 2.05) is 68.4 Å². The highest BCUT2D eigenvalue weighted by atomic mass is 35.5. The van der Waals surface area contributed by atoms with Crippen LogP contribution in [0.2, 0.25) is 20.1 Å². The summed E-state index contributed by atoms with van der Waals surface area (Å²) in [5.41, 5.74) is 1.27. The molecule has 2 bridgehead atoms. The van der Waals surface area contributed by atoms with Crippen molar-refractivity contribution in [3.8, 4) is 11.5 Å². The van der Waals surface area contributed by atoms with Crippen molar-refractivity contribution in [2.75, 3.05) is 0 Å². The number of aliphatic hydroxyl groups is 2. The van der Waals surface area contributed by atoms with E-state index in [0.717, 1.165) is 22.3 Å². The molecule has 62 heavy (non-hydrogen) atoms. The molecule has 2 aliphatic rings. The molecule has 6 nitrogen and oxygen atoms in total. The molecule has 3 aromatic carbocycles. The second kappa shape index (κ2) is 19.9. The van der Waals surface area contributed by atoms with Gasteiger partial charge in [-0.15, -0.1) is 0 Å². The van der Waals surface area contributed by atoms with Gasteiger partial charge in [0, 0.05) is 36.8 Å². The Balaban J connectivity index is 1.74. The predicted octanol–water partition coefficient (Wildman–Crippen LogP) is 15.1. The Kier molecular flexibility index (Phi) is 15.8. The van der Waals surface area contributed by atoms with Gasteiger partial charge < -0.3 is 19.7 Å². The first-order chi connectivity index (χ1) is 29.1. The molecule has 0 amide bonds. The van der Waals surface area contributed by atoms with Crippen molar-refractivity contribution in [2.45, 2.75) is 114 Å². The number of aliphatic hydroxyl groups excluding tert-OH is 2. The molecule has 3 aromatic rings. The van der Waals surface area contributed by atoms with Crippen molar-refractivity contribution >= 4 is 58.0 Å². The fraction of sp³-hybridized carbons (Fsp3) is 0.423. The Morgan fingerprint density at radius 3 is 1.82 bits per heavy atom. The molecular weight excluding hydrogens is 862 g/mol. The lowest BCUT2D eigenvalue weighted by Crippen LogP contribution is -2.69. The van der Waals surface area contributed by atoms with Gasteiger partial charge in [-0.3, -0.25) is 9.59 Å². The summed E-state index contributed by atoms with van der Waals surface area (Å²) in [5, 5.41) is 27.5. The molecule has 0 heterocycles. The van der Waals surface area contributed by atoms with Crippen molar-refractivity contribution in [1.29, 1.82) is 0 Å². The van der Waals surface area contributed by atoms with Gasteiger partial charge in [0.25, 0.3) is 0 Å². The van der Waals surface area contributed by atoms with Crippen LogP contribution < -0.4 is 9.47 Å². The minimum atomic E-state index is -1.48. The number of carbonyl (C=O) groups excluding carboxylic acids is 2. The van der Waals surface area contributed by atoms with Crippen LogP contribution in [0.5, 0.6) is 11.5 Å². The highest BCUT2D eigenvalue weighted by Crippen LogP contribution is 2.69. The number of fused-ring (bicyclic) bond motifs is 2. The number of ketones is 2. The lowest BCUT2D eigenvalue weighted by Gasteiger charge is -2.65. The number of carbonyl (C=O) groups is 2. The molecule has 5 atom stereocenters. The normalized spacial score (nSPS) is 22.1. The van der Waals surface area contributed by atoms with Crippen molar-refractivity contribution in [2.24, 2.45) is 28.1 Å². The molecule has 0 spiro atoms. The third kappa shape index (κ3) is 9.81. The largest absolute Gasteiger partial charge is 0.511 e. The summed E-state index contributed by atoms with van der Waals surface area (Å²) >= 11 is 26.0. The number of Topliss-reactive ketones (excluding diaryl/α,β-unsaturated/α-hetero) is 2. The molecule has 0 aliphatic heterocycles. The van der Waals surface area contributed by atoms with Crippen LogP contribution in [-0.2, 0) is 18.0 Å². The Morgan fingerprint density at radius 2 is 1.32 bits per heavy atom. The van der Waals surface area contributed by atoms with Crippen molar-refractivity contribution in [1.82, 2.24) is 0 Å². The fourth-order valence-corrected chi connectivity index (χ4v) is 10.3. The first-order valence-electron chi connectivity index (χ1n) is 21.1. The molecule has 0 aromatic heterocycles. The summed E-state index contributed by atoms with van der Waals surface area (Å²) in [6, 6.07) is 14.9. The predicted molar refractivity (Wildman–Crippen MR) is 255 cm³/mol. The zero-order chi connectivity index (χ0) is 45.9. The van der Waals surface area contributed by atoms with Crippen LogP contribution in [-0.4, -0.2) is 27.9 Å². The highest BCUT2D eigenvalue weighted by molar-refractivity contribution is 6.36. The average molecular weight is 923 g/mol. The Labute approximate surface area is 388 Å². The Hall–Kier alpha value is -3.78. The summed E-state index contributed by atoms with van der Waals surface area (Å²) in [6.07, 6.45) is 7.02. The van der Waals surface area contributed by atoms with E-state index in [9.17, 15) is 10.2 Å². The summed E-state index contributed by atoms with van der Waals surface area (Å²) < 4.78 is 12.6. The van der Waals surface area contributed by atoms with E-state index in [0.29, 0.717) is 50.5 Å². The summed E-state index contributed by atoms with van der Waals surface area (Å²) in [7, 11) is 0. The number of rotatable bonds is 17. The van der Waals surface area contributed by atoms with Gasteiger partial charge in [-0.05, 0) is 140 Å². The van der Waals surface area contributed by atoms with Crippen LogP contribution in [0.15, 0.2) is 113 Å². The van der Waals surface area contributed by atoms with E-state index < -0.39 is 33.9 Å². The number of benzene rings is 3. The van der Waals surface area contributed by atoms with E-state index >= 15 is 9.59 Å². The molecule has 5 unspecified atom stereocenters. The molecule has 1 saturated carbocycles. The minimum Gasteiger partial charge on any atom is -0.511 e. The molecular formula is C52H60Cl4O6. The summed E-state index contributed by atoms with van der Waals surface area (Å²) in [5.74, 6) is -1.55. The van der Waals surface area contributed by atoms with Gasteiger partial charge in [0.2, 0.25) is 0 Å². The number of halogens is 4. The van der Waals surface area contributed by atoms with Crippen molar-refractivity contribution < 1.29 is 29.3 Å². The summed E-state index contributed by atoms with van der Waals surface area (Å²) in [6.45, 7) is 22.3. The van der Waals surface area contributed by atoms with E-state index in [1.165, 1.54) is 6.07 Å². The highest BCUT2D eigenvalue weighted by Gasteiger charge is 2.72. The summed E-state index contributed by atoms with van der Waals surface area (Å²) in [4.78, 5) is 31.0. The van der Waals surface area contributed by atoms with Gasteiger partial charge in [0.05, 0.1) is 16.9 Å². The third-order valence-electron chi connectivity index (χ3n) is 13.2. The molecule has 1 fully saturated rings. The van der Waals surface area contributed by atoms with E-state index in [1.54, 1.807) is 48.5 Å². The maximum atomic E-state index is 15.7. The van der Waals surface area contributed by atoms with Crippen LogP contribution in [0, 0.1) is 28.1 Å². The zero-order valence-corrected chi connectivity index (χ0v) is 40.4. The quantitative estimate of drug-likeness (QED) is 0.0796. The fourth-order valence-electron chi connectivity index (χ4n) is 9.25. The number of hydrogen-bond acceptors (Lipinski definition) is 6.